The summed E-state index contributed by atoms with van der Waals surface area (Å²) in [7, 11) is 0. The van der Waals surface area contributed by atoms with Gasteiger partial charge in [-0.05, 0) is 51.8 Å². The largest absolute Gasteiger partial charge is 0.462 e. The van der Waals surface area contributed by atoms with E-state index in [0.29, 0.717) is 12.2 Å². The summed E-state index contributed by atoms with van der Waals surface area (Å²) < 4.78 is 10.2. The Morgan fingerprint density at radius 3 is 2.44 bits per heavy atom. The zero-order valence-corrected chi connectivity index (χ0v) is 15.2. The summed E-state index contributed by atoms with van der Waals surface area (Å²) in [6, 6.07) is 7.46. The third-order valence-electron chi connectivity index (χ3n) is 3.69. The lowest BCUT2D eigenvalue weighted by atomic mass is 9.97. The van der Waals surface area contributed by atoms with Crippen LogP contribution in [0.15, 0.2) is 36.4 Å². The Morgan fingerprint density at radius 1 is 1.16 bits per heavy atom. The number of benzene rings is 1. The summed E-state index contributed by atoms with van der Waals surface area (Å²) >= 11 is 0. The van der Waals surface area contributed by atoms with Gasteiger partial charge in [-0.2, -0.15) is 0 Å². The van der Waals surface area contributed by atoms with E-state index in [9.17, 15) is 9.59 Å². The van der Waals surface area contributed by atoms with Gasteiger partial charge in [-0.25, -0.2) is 15.0 Å². The summed E-state index contributed by atoms with van der Waals surface area (Å²) in [5, 5.41) is 0. The number of hydrazine groups is 1. The Kier molecular flexibility index (Phi) is 6.20. The molecule has 2 N–H and O–H groups in total. The Hall–Kier alpha value is -2.34. The van der Waals surface area contributed by atoms with Crippen molar-refractivity contribution in [2.24, 2.45) is 0 Å². The van der Waals surface area contributed by atoms with Gasteiger partial charge in [0.25, 0.3) is 0 Å². The minimum Gasteiger partial charge on any atom is -0.462 e. The van der Waals surface area contributed by atoms with Crippen LogP contribution in [-0.4, -0.2) is 30.3 Å². The maximum Gasteiger partial charge on any atom is 0.422 e. The quantitative estimate of drug-likeness (QED) is 0.486. The monoisotopic (exact) mass is 346 g/mol. The maximum atomic E-state index is 11.7. The van der Waals surface area contributed by atoms with Gasteiger partial charge < -0.3 is 9.47 Å². The molecule has 0 radical (unpaired) electrons. The van der Waals surface area contributed by atoms with E-state index >= 15 is 0 Å². The van der Waals surface area contributed by atoms with E-state index in [2.05, 4.69) is 16.9 Å². The van der Waals surface area contributed by atoms with Gasteiger partial charge in [0, 0.05) is 12.0 Å². The maximum absolute atomic E-state index is 11.7. The molecule has 0 spiro atoms. The van der Waals surface area contributed by atoms with Crippen LogP contribution in [0.1, 0.15) is 56.0 Å². The number of allylic oxidation sites excluding steroid dienone is 1. The van der Waals surface area contributed by atoms with Gasteiger partial charge in [-0.3, -0.25) is 5.43 Å². The molecule has 0 aliphatic heterocycles. The van der Waals surface area contributed by atoms with Crippen molar-refractivity contribution in [2.45, 2.75) is 51.7 Å². The molecular formula is C19H26N2O4. The standard InChI is InChI=1S/C19H26N2O4/c1-5-24-17(22)14-8-6-13(7-9-14)15-10-11-16(12-15)20-21-18(23)25-19(2,3)4/h6-11,15-16,20H,5,12H2,1-4H3,(H,21,23)/t15-,16-/m0/s1. The number of esters is 1. The van der Waals surface area contributed by atoms with Gasteiger partial charge >= 0.3 is 12.1 Å². The molecule has 0 heterocycles. The molecule has 136 valence electrons. The fraction of sp³-hybridized carbons (Fsp3) is 0.474. The second kappa shape index (κ2) is 8.16. The van der Waals surface area contributed by atoms with Crippen LogP contribution < -0.4 is 10.9 Å². The van der Waals surface area contributed by atoms with E-state index in [4.69, 9.17) is 9.47 Å². The average molecular weight is 346 g/mol. The van der Waals surface area contributed by atoms with Gasteiger partial charge in [0.05, 0.1) is 12.2 Å². The van der Waals surface area contributed by atoms with Gasteiger partial charge in [-0.15, -0.1) is 0 Å². The molecule has 6 nitrogen and oxygen atoms in total. The molecular weight excluding hydrogens is 320 g/mol. The molecule has 1 aliphatic rings. The number of hydrogen-bond acceptors (Lipinski definition) is 5. The molecule has 1 aromatic carbocycles. The first-order valence-electron chi connectivity index (χ1n) is 8.48. The van der Waals surface area contributed by atoms with E-state index < -0.39 is 11.7 Å². The molecule has 0 fully saturated rings. The zero-order valence-electron chi connectivity index (χ0n) is 15.2. The molecule has 0 unspecified atom stereocenters. The molecule has 2 atom stereocenters. The number of carbonyl (C=O) groups is 2. The molecule has 0 saturated carbocycles. The Bertz CT molecular complexity index is 632. The predicted molar refractivity (Wildman–Crippen MR) is 95.2 cm³/mol. The van der Waals surface area contributed by atoms with Crippen molar-refractivity contribution in [1.82, 2.24) is 10.9 Å². The van der Waals surface area contributed by atoms with Crippen molar-refractivity contribution in [1.29, 1.82) is 0 Å². The van der Waals surface area contributed by atoms with Gasteiger partial charge in [-0.1, -0.05) is 24.3 Å². The van der Waals surface area contributed by atoms with Crippen molar-refractivity contribution in [3.63, 3.8) is 0 Å². The molecule has 1 aliphatic carbocycles. The van der Waals surface area contributed by atoms with E-state index in [-0.39, 0.29) is 17.9 Å². The van der Waals surface area contributed by atoms with Crippen molar-refractivity contribution in [3.8, 4) is 0 Å². The summed E-state index contributed by atoms with van der Waals surface area (Å²) in [4.78, 5) is 23.3. The smallest absolute Gasteiger partial charge is 0.422 e. The highest BCUT2D eigenvalue weighted by Crippen LogP contribution is 2.28. The highest BCUT2D eigenvalue weighted by molar-refractivity contribution is 5.89. The summed E-state index contributed by atoms with van der Waals surface area (Å²) in [5.41, 5.74) is 6.67. The van der Waals surface area contributed by atoms with E-state index in [1.54, 1.807) is 19.1 Å². The molecule has 6 heteroatoms. The number of ether oxygens (including phenoxy) is 2. The summed E-state index contributed by atoms with van der Waals surface area (Å²) in [6.45, 7) is 7.60. The number of carbonyl (C=O) groups excluding carboxylic acids is 2. The number of rotatable bonds is 5. The van der Waals surface area contributed by atoms with Crippen LogP contribution in [0.3, 0.4) is 0 Å². The van der Waals surface area contributed by atoms with Crippen LogP contribution >= 0.6 is 0 Å². The van der Waals surface area contributed by atoms with Crippen LogP contribution in [0.2, 0.25) is 0 Å². The zero-order chi connectivity index (χ0) is 18.4. The number of amides is 1. The van der Waals surface area contributed by atoms with Crippen molar-refractivity contribution < 1.29 is 19.1 Å². The van der Waals surface area contributed by atoms with Crippen molar-refractivity contribution in [3.05, 3.63) is 47.5 Å². The van der Waals surface area contributed by atoms with Crippen LogP contribution in [0.25, 0.3) is 0 Å². The SMILES string of the molecule is CCOC(=O)c1ccc([C@H]2C=C[C@H](NNC(=O)OC(C)(C)C)C2)cc1. The molecule has 2 rings (SSSR count). The minimum atomic E-state index is -0.527. The number of hydrogen-bond donors (Lipinski definition) is 2. The normalized spacial score (nSPS) is 19.5. The Labute approximate surface area is 148 Å². The minimum absolute atomic E-state index is 0.0299. The molecule has 1 aromatic rings. The van der Waals surface area contributed by atoms with E-state index in [1.807, 2.05) is 39.0 Å². The fourth-order valence-corrected chi connectivity index (χ4v) is 2.59. The highest BCUT2D eigenvalue weighted by Gasteiger charge is 2.22. The summed E-state index contributed by atoms with van der Waals surface area (Å²) in [6.07, 6.45) is 4.42. The topological polar surface area (TPSA) is 76.7 Å². The second-order valence-electron chi connectivity index (χ2n) is 6.95. The average Bonchev–Trinajstić information content (AvgIpc) is 3.01. The van der Waals surface area contributed by atoms with Crippen LogP contribution in [0.4, 0.5) is 4.79 Å². The van der Waals surface area contributed by atoms with Crippen LogP contribution in [-0.2, 0) is 9.47 Å². The molecule has 0 saturated heterocycles. The van der Waals surface area contributed by atoms with Crippen molar-refractivity contribution >= 4 is 12.1 Å². The third-order valence-corrected chi connectivity index (χ3v) is 3.69. The first kappa shape index (κ1) is 19.0. The highest BCUT2D eigenvalue weighted by atomic mass is 16.6. The molecule has 25 heavy (non-hydrogen) atoms. The Balaban J connectivity index is 1.83. The summed E-state index contributed by atoms with van der Waals surface area (Å²) in [5.74, 6) is -0.0775. The number of nitrogens with one attached hydrogen (secondary N) is 2. The lowest BCUT2D eigenvalue weighted by Gasteiger charge is -2.21. The third kappa shape index (κ3) is 5.90. The Morgan fingerprint density at radius 2 is 1.84 bits per heavy atom. The predicted octanol–water partition coefficient (Wildman–Crippen LogP) is 3.30. The second-order valence-corrected chi connectivity index (χ2v) is 6.95. The molecule has 1 amide bonds. The van der Waals surface area contributed by atoms with Crippen LogP contribution in [0.5, 0.6) is 0 Å². The lowest BCUT2D eigenvalue weighted by molar-refractivity contribution is 0.0489. The van der Waals surface area contributed by atoms with Crippen LogP contribution in [0, 0.1) is 0 Å². The van der Waals surface area contributed by atoms with Crippen molar-refractivity contribution in [2.75, 3.05) is 6.61 Å². The van der Waals surface area contributed by atoms with Gasteiger partial charge in [0.1, 0.15) is 5.60 Å². The first-order valence-corrected chi connectivity index (χ1v) is 8.48. The van der Waals surface area contributed by atoms with Gasteiger partial charge in [0.15, 0.2) is 0 Å². The fourth-order valence-electron chi connectivity index (χ4n) is 2.59. The molecule has 0 bridgehead atoms. The van der Waals surface area contributed by atoms with E-state index in [1.165, 1.54) is 0 Å². The van der Waals surface area contributed by atoms with E-state index in [0.717, 1.165) is 12.0 Å². The van der Waals surface area contributed by atoms with Gasteiger partial charge in [0.2, 0.25) is 0 Å². The lowest BCUT2D eigenvalue weighted by Crippen LogP contribution is -2.45. The molecule has 0 aromatic heterocycles. The first-order chi connectivity index (χ1) is 11.8.